The van der Waals surface area contributed by atoms with Crippen LogP contribution in [0, 0.1) is 5.92 Å². The smallest absolute Gasteiger partial charge is 0.305 e. The van der Waals surface area contributed by atoms with Crippen molar-refractivity contribution in [3.8, 4) is 0 Å². The fourth-order valence-corrected chi connectivity index (χ4v) is 3.76. The number of hydrogen-bond acceptors (Lipinski definition) is 5. The fraction of sp³-hybridized carbons (Fsp3) is 0.538. The maximum absolute atomic E-state index is 12.1. The van der Waals surface area contributed by atoms with Crippen LogP contribution in [0.5, 0.6) is 0 Å². The van der Waals surface area contributed by atoms with Crippen LogP contribution in [-0.2, 0) is 19.6 Å². The SMILES string of the molecule is CC(C)CN(CCC(=O)O)C(=O)CNS(=O)(=O)c1cccs1. The molecule has 0 aliphatic rings. The summed E-state index contributed by atoms with van der Waals surface area (Å²) in [5.41, 5.74) is 0. The predicted molar refractivity (Wildman–Crippen MR) is 83.2 cm³/mol. The van der Waals surface area contributed by atoms with Gasteiger partial charge >= 0.3 is 5.97 Å². The maximum atomic E-state index is 12.1. The number of carboxylic acid groups (broad SMARTS) is 1. The lowest BCUT2D eigenvalue weighted by atomic mass is 10.2. The molecule has 0 aromatic carbocycles. The van der Waals surface area contributed by atoms with E-state index in [1.807, 2.05) is 13.8 Å². The first-order valence-corrected chi connectivity index (χ1v) is 9.11. The molecule has 0 atom stereocenters. The molecule has 1 amide bonds. The number of nitrogens with one attached hydrogen (secondary N) is 1. The first kappa shape index (κ1) is 18.6. The quantitative estimate of drug-likeness (QED) is 0.692. The molecule has 0 radical (unpaired) electrons. The number of carbonyl (C=O) groups is 2. The molecule has 1 aromatic rings. The van der Waals surface area contributed by atoms with E-state index in [4.69, 9.17) is 5.11 Å². The number of sulfonamides is 1. The molecule has 0 fully saturated rings. The zero-order chi connectivity index (χ0) is 16.8. The van der Waals surface area contributed by atoms with E-state index < -0.39 is 21.9 Å². The highest BCUT2D eigenvalue weighted by Crippen LogP contribution is 2.15. The van der Waals surface area contributed by atoms with Crippen LogP contribution in [0.2, 0.25) is 0 Å². The van der Waals surface area contributed by atoms with Crippen LogP contribution >= 0.6 is 11.3 Å². The number of thiophene rings is 1. The first-order valence-electron chi connectivity index (χ1n) is 6.75. The molecule has 1 aromatic heterocycles. The van der Waals surface area contributed by atoms with Crippen LogP contribution in [0.4, 0.5) is 0 Å². The topological polar surface area (TPSA) is 104 Å². The number of nitrogens with zero attached hydrogens (tertiary/aromatic N) is 1. The standard InChI is InChI=1S/C13H20N2O5S2/c1-10(2)9-15(6-5-12(17)18)11(16)8-14-22(19,20)13-4-3-7-21-13/h3-4,7,10,14H,5-6,8-9H2,1-2H3,(H,17,18). The van der Waals surface area contributed by atoms with E-state index in [-0.39, 0.29) is 29.6 Å². The molecule has 0 spiro atoms. The Bertz CT molecular complexity index is 596. The number of carboxylic acids is 1. The zero-order valence-corrected chi connectivity index (χ0v) is 14.1. The van der Waals surface area contributed by atoms with Crippen LogP contribution < -0.4 is 4.72 Å². The Hall–Kier alpha value is -1.45. The minimum atomic E-state index is -3.70. The summed E-state index contributed by atoms with van der Waals surface area (Å²) in [6.07, 6.45) is -0.171. The van der Waals surface area contributed by atoms with Crippen molar-refractivity contribution < 1.29 is 23.1 Å². The Morgan fingerprint density at radius 2 is 2.09 bits per heavy atom. The van der Waals surface area contributed by atoms with E-state index in [2.05, 4.69) is 4.72 Å². The van der Waals surface area contributed by atoms with Crippen molar-refractivity contribution in [1.29, 1.82) is 0 Å². The van der Waals surface area contributed by atoms with E-state index in [9.17, 15) is 18.0 Å². The fourth-order valence-electron chi connectivity index (χ4n) is 1.75. The monoisotopic (exact) mass is 348 g/mol. The summed E-state index contributed by atoms with van der Waals surface area (Å²) in [5.74, 6) is -1.28. The van der Waals surface area contributed by atoms with Crippen molar-refractivity contribution in [2.75, 3.05) is 19.6 Å². The summed E-state index contributed by atoms with van der Waals surface area (Å²) in [4.78, 5) is 24.1. The van der Waals surface area contributed by atoms with Crippen molar-refractivity contribution >= 4 is 33.2 Å². The highest BCUT2D eigenvalue weighted by Gasteiger charge is 2.20. The lowest BCUT2D eigenvalue weighted by molar-refractivity contribution is -0.138. The van der Waals surface area contributed by atoms with E-state index in [1.54, 1.807) is 11.4 Å². The van der Waals surface area contributed by atoms with Gasteiger partial charge in [0.25, 0.3) is 10.0 Å². The van der Waals surface area contributed by atoms with E-state index in [0.717, 1.165) is 11.3 Å². The van der Waals surface area contributed by atoms with Crippen molar-refractivity contribution in [2.24, 2.45) is 5.92 Å². The van der Waals surface area contributed by atoms with Gasteiger partial charge in [-0.2, -0.15) is 0 Å². The van der Waals surface area contributed by atoms with Gasteiger partial charge in [0.1, 0.15) is 4.21 Å². The second-order valence-corrected chi connectivity index (χ2v) is 8.08. The molecule has 1 rings (SSSR count). The highest BCUT2D eigenvalue weighted by atomic mass is 32.2. The molecular weight excluding hydrogens is 328 g/mol. The van der Waals surface area contributed by atoms with Gasteiger partial charge in [-0.05, 0) is 17.4 Å². The van der Waals surface area contributed by atoms with Crippen molar-refractivity contribution in [3.63, 3.8) is 0 Å². The van der Waals surface area contributed by atoms with Gasteiger partial charge in [-0.1, -0.05) is 19.9 Å². The lowest BCUT2D eigenvalue weighted by Gasteiger charge is -2.24. The van der Waals surface area contributed by atoms with Crippen LogP contribution in [0.25, 0.3) is 0 Å². The number of aliphatic carboxylic acids is 1. The minimum absolute atomic E-state index is 0.0626. The average molecular weight is 348 g/mol. The molecule has 0 bridgehead atoms. The number of amides is 1. The van der Waals surface area contributed by atoms with E-state index in [1.165, 1.54) is 11.0 Å². The van der Waals surface area contributed by atoms with Crippen molar-refractivity contribution in [1.82, 2.24) is 9.62 Å². The molecule has 0 saturated heterocycles. The Morgan fingerprint density at radius 1 is 1.41 bits per heavy atom. The van der Waals surface area contributed by atoms with Crippen molar-refractivity contribution in [3.05, 3.63) is 17.5 Å². The van der Waals surface area contributed by atoms with Gasteiger partial charge in [-0.15, -0.1) is 11.3 Å². The number of rotatable bonds is 9. The number of hydrogen-bond donors (Lipinski definition) is 2. The lowest BCUT2D eigenvalue weighted by Crippen LogP contribution is -2.42. The maximum Gasteiger partial charge on any atom is 0.305 e. The molecule has 0 saturated carbocycles. The second-order valence-electron chi connectivity index (χ2n) is 5.13. The largest absolute Gasteiger partial charge is 0.481 e. The third-order valence-corrected chi connectivity index (χ3v) is 5.51. The van der Waals surface area contributed by atoms with Gasteiger partial charge in [0.05, 0.1) is 13.0 Å². The van der Waals surface area contributed by atoms with Gasteiger partial charge in [-0.3, -0.25) is 9.59 Å². The van der Waals surface area contributed by atoms with Gasteiger partial charge < -0.3 is 10.0 Å². The Labute approximate surface area is 134 Å². The van der Waals surface area contributed by atoms with Crippen molar-refractivity contribution in [2.45, 2.75) is 24.5 Å². The third kappa shape index (κ3) is 6.12. The molecule has 9 heteroatoms. The first-order chi connectivity index (χ1) is 10.2. The molecule has 0 aliphatic carbocycles. The van der Waals surface area contributed by atoms with Gasteiger partial charge in [0.2, 0.25) is 5.91 Å². The van der Waals surface area contributed by atoms with Gasteiger partial charge in [0, 0.05) is 13.1 Å². The molecule has 22 heavy (non-hydrogen) atoms. The Kier molecular flexibility index (Phi) is 6.98. The van der Waals surface area contributed by atoms with Crippen LogP contribution in [0.3, 0.4) is 0 Å². The summed E-state index contributed by atoms with van der Waals surface area (Å²) in [6.45, 7) is 3.86. The number of carbonyl (C=O) groups excluding carboxylic acids is 1. The molecule has 0 aliphatic heterocycles. The van der Waals surface area contributed by atoms with Gasteiger partial charge in [-0.25, -0.2) is 13.1 Å². The average Bonchev–Trinajstić information content (AvgIpc) is 2.95. The summed E-state index contributed by atoms with van der Waals surface area (Å²) < 4.78 is 26.3. The van der Waals surface area contributed by atoms with Crippen LogP contribution in [0.15, 0.2) is 21.7 Å². The zero-order valence-electron chi connectivity index (χ0n) is 12.5. The van der Waals surface area contributed by atoms with E-state index in [0.29, 0.717) is 6.54 Å². The van der Waals surface area contributed by atoms with Gasteiger partial charge in [0.15, 0.2) is 0 Å². The Morgan fingerprint density at radius 3 is 2.59 bits per heavy atom. The molecule has 2 N–H and O–H groups in total. The molecule has 124 valence electrons. The molecule has 7 nitrogen and oxygen atoms in total. The third-order valence-electron chi connectivity index (χ3n) is 2.71. The predicted octanol–water partition coefficient (Wildman–Crippen LogP) is 0.986. The van der Waals surface area contributed by atoms with Crippen LogP contribution in [0.1, 0.15) is 20.3 Å². The normalized spacial score (nSPS) is 11.6. The molecular formula is C13H20N2O5S2. The van der Waals surface area contributed by atoms with E-state index >= 15 is 0 Å². The minimum Gasteiger partial charge on any atom is -0.481 e. The highest BCUT2D eigenvalue weighted by molar-refractivity contribution is 7.91. The summed E-state index contributed by atoms with van der Waals surface area (Å²) in [5, 5.41) is 10.3. The Balaban J connectivity index is 2.64. The van der Waals surface area contributed by atoms with Crippen LogP contribution in [-0.4, -0.2) is 49.9 Å². The summed E-state index contributed by atoms with van der Waals surface area (Å²) in [7, 11) is -3.70. The summed E-state index contributed by atoms with van der Waals surface area (Å²) in [6, 6.07) is 3.06. The molecule has 1 heterocycles. The summed E-state index contributed by atoms with van der Waals surface area (Å²) >= 11 is 1.06. The molecule has 0 unspecified atom stereocenters. The second kappa shape index (κ2) is 8.25.